The van der Waals surface area contributed by atoms with Crippen LogP contribution in [0.3, 0.4) is 0 Å². The monoisotopic (exact) mass is 285 g/mol. The number of likely N-dealkylation sites (tertiary alicyclic amines) is 1. The summed E-state index contributed by atoms with van der Waals surface area (Å²) in [7, 11) is 0. The Morgan fingerprint density at radius 3 is 2.60 bits per heavy atom. The molecule has 0 aromatic carbocycles. The number of carbonyl (C=O) groups excluding carboxylic acids is 2. The summed E-state index contributed by atoms with van der Waals surface area (Å²) in [4.78, 5) is 25.7. The van der Waals surface area contributed by atoms with Crippen LogP contribution < -0.4 is 11.1 Å². The van der Waals surface area contributed by atoms with Gasteiger partial charge in [0.2, 0.25) is 11.8 Å². The fraction of sp³-hybridized carbons (Fsp3) is 0.857. The van der Waals surface area contributed by atoms with Gasteiger partial charge in [0.15, 0.2) is 0 Å². The highest BCUT2D eigenvalue weighted by Gasteiger charge is 2.28. The van der Waals surface area contributed by atoms with Crippen molar-refractivity contribution in [3.05, 3.63) is 0 Å². The molecule has 1 unspecified atom stereocenters. The fourth-order valence-electron chi connectivity index (χ4n) is 2.47. The van der Waals surface area contributed by atoms with Crippen molar-refractivity contribution in [2.75, 3.05) is 26.2 Å². The molecule has 6 nitrogen and oxygen atoms in total. The molecule has 0 aromatic rings. The number of hydrogen-bond donors (Lipinski definition) is 3. The van der Waals surface area contributed by atoms with Crippen LogP contribution in [0.15, 0.2) is 0 Å². The Hall–Kier alpha value is -1.14. The summed E-state index contributed by atoms with van der Waals surface area (Å²) in [5, 5.41) is 11.5. The highest BCUT2D eigenvalue weighted by Crippen LogP contribution is 2.18. The van der Waals surface area contributed by atoms with Crippen LogP contribution in [-0.2, 0) is 9.59 Å². The van der Waals surface area contributed by atoms with Crippen LogP contribution in [0, 0.1) is 5.92 Å². The van der Waals surface area contributed by atoms with Crippen LogP contribution in [0.4, 0.5) is 0 Å². The maximum Gasteiger partial charge on any atom is 0.239 e. The van der Waals surface area contributed by atoms with Gasteiger partial charge in [-0.15, -0.1) is 0 Å². The Balaban J connectivity index is 2.32. The molecule has 0 spiro atoms. The summed E-state index contributed by atoms with van der Waals surface area (Å²) < 4.78 is 0. The zero-order chi connectivity index (χ0) is 15.0. The van der Waals surface area contributed by atoms with Gasteiger partial charge in [0, 0.05) is 32.2 Å². The average Bonchev–Trinajstić information content (AvgIpc) is 2.47. The van der Waals surface area contributed by atoms with E-state index in [2.05, 4.69) is 5.32 Å². The molecule has 2 amide bonds. The van der Waals surface area contributed by atoms with Crippen LogP contribution in [0.2, 0.25) is 0 Å². The van der Waals surface area contributed by atoms with Gasteiger partial charge in [-0.2, -0.15) is 0 Å². The first-order valence-corrected chi connectivity index (χ1v) is 7.53. The van der Waals surface area contributed by atoms with Gasteiger partial charge in [-0.05, 0) is 25.7 Å². The largest absolute Gasteiger partial charge is 0.396 e. The molecule has 1 aliphatic heterocycles. The quantitative estimate of drug-likeness (QED) is 0.567. The highest BCUT2D eigenvalue weighted by molar-refractivity contribution is 5.82. The Kier molecular flexibility index (Phi) is 7.54. The van der Waals surface area contributed by atoms with Gasteiger partial charge in [0.05, 0.1) is 6.04 Å². The normalized spacial score (nSPS) is 17.9. The van der Waals surface area contributed by atoms with Crippen molar-refractivity contribution in [3.63, 3.8) is 0 Å². The third-order valence-electron chi connectivity index (χ3n) is 3.73. The number of nitrogens with one attached hydrogen (secondary N) is 1. The van der Waals surface area contributed by atoms with E-state index in [-0.39, 0.29) is 24.3 Å². The third kappa shape index (κ3) is 5.09. The molecule has 1 heterocycles. The standard InChI is InChI=1S/C14H27N3O3/c1-2-4-12(15)14(20)17-8-5-11(6-9-17)13(19)16-7-3-10-18/h11-12,18H,2-10,15H2,1H3,(H,16,19). The number of hydrogen-bond acceptors (Lipinski definition) is 4. The van der Waals surface area contributed by atoms with Crippen LogP contribution in [0.1, 0.15) is 39.0 Å². The van der Waals surface area contributed by atoms with E-state index in [1.165, 1.54) is 0 Å². The van der Waals surface area contributed by atoms with Crippen LogP contribution in [-0.4, -0.2) is 54.1 Å². The maximum atomic E-state index is 12.0. The van der Waals surface area contributed by atoms with E-state index in [0.717, 1.165) is 6.42 Å². The van der Waals surface area contributed by atoms with Gasteiger partial charge in [-0.3, -0.25) is 9.59 Å². The summed E-state index contributed by atoms with van der Waals surface area (Å²) in [6.45, 7) is 3.82. The van der Waals surface area contributed by atoms with Gasteiger partial charge in [-0.1, -0.05) is 13.3 Å². The van der Waals surface area contributed by atoms with Crippen molar-refractivity contribution in [3.8, 4) is 0 Å². The number of rotatable bonds is 7. The van der Waals surface area contributed by atoms with Crippen molar-refractivity contribution in [2.24, 2.45) is 11.7 Å². The average molecular weight is 285 g/mol. The SMILES string of the molecule is CCCC(N)C(=O)N1CCC(C(=O)NCCCO)CC1. The number of amides is 2. The molecular weight excluding hydrogens is 258 g/mol. The third-order valence-corrected chi connectivity index (χ3v) is 3.73. The number of nitrogens with two attached hydrogens (primary N) is 1. The Morgan fingerprint density at radius 2 is 2.05 bits per heavy atom. The molecule has 6 heteroatoms. The molecule has 1 saturated heterocycles. The summed E-state index contributed by atoms with van der Waals surface area (Å²) in [5.74, 6) is 0.00883. The first kappa shape index (κ1) is 16.9. The summed E-state index contributed by atoms with van der Waals surface area (Å²) >= 11 is 0. The lowest BCUT2D eigenvalue weighted by molar-refractivity contribution is -0.136. The van der Waals surface area contributed by atoms with Crippen LogP contribution >= 0.6 is 0 Å². The van der Waals surface area contributed by atoms with Crippen molar-refractivity contribution in [2.45, 2.75) is 45.1 Å². The first-order valence-electron chi connectivity index (χ1n) is 7.53. The first-order chi connectivity index (χ1) is 9.60. The van der Waals surface area contributed by atoms with Gasteiger partial charge in [-0.25, -0.2) is 0 Å². The summed E-state index contributed by atoms with van der Waals surface area (Å²) in [6.07, 6.45) is 3.57. The lowest BCUT2D eigenvalue weighted by atomic mass is 9.95. The molecular formula is C14H27N3O3. The molecule has 0 saturated carbocycles. The van der Waals surface area contributed by atoms with Gasteiger partial charge in [0.1, 0.15) is 0 Å². The number of aliphatic hydroxyl groups excluding tert-OH is 1. The van der Waals surface area contributed by atoms with Crippen molar-refractivity contribution in [1.82, 2.24) is 10.2 Å². The molecule has 1 fully saturated rings. The van der Waals surface area contributed by atoms with E-state index in [1.807, 2.05) is 6.92 Å². The number of nitrogens with zero attached hydrogens (tertiary/aromatic N) is 1. The molecule has 4 N–H and O–H groups in total. The highest BCUT2D eigenvalue weighted by atomic mass is 16.3. The smallest absolute Gasteiger partial charge is 0.239 e. The predicted molar refractivity (Wildman–Crippen MR) is 76.9 cm³/mol. The molecule has 0 bridgehead atoms. The zero-order valence-corrected chi connectivity index (χ0v) is 12.3. The Bertz CT molecular complexity index is 315. The molecule has 0 aliphatic carbocycles. The molecule has 20 heavy (non-hydrogen) atoms. The van der Waals surface area contributed by atoms with E-state index >= 15 is 0 Å². The number of aliphatic hydroxyl groups is 1. The zero-order valence-electron chi connectivity index (χ0n) is 12.3. The van der Waals surface area contributed by atoms with Crippen molar-refractivity contribution >= 4 is 11.8 Å². The lowest BCUT2D eigenvalue weighted by Crippen LogP contribution is -2.48. The van der Waals surface area contributed by atoms with Crippen molar-refractivity contribution < 1.29 is 14.7 Å². The molecule has 1 rings (SSSR count). The van der Waals surface area contributed by atoms with Crippen LogP contribution in [0.25, 0.3) is 0 Å². The summed E-state index contributed by atoms with van der Waals surface area (Å²) in [6, 6.07) is -0.407. The van der Waals surface area contributed by atoms with E-state index in [0.29, 0.717) is 45.3 Å². The minimum atomic E-state index is -0.407. The predicted octanol–water partition coefficient (Wildman–Crippen LogP) is -0.149. The van der Waals surface area contributed by atoms with Gasteiger partial charge in [0.25, 0.3) is 0 Å². The Morgan fingerprint density at radius 1 is 1.40 bits per heavy atom. The molecule has 1 aliphatic rings. The molecule has 1 atom stereocenters. The fourth-order valence-corrected chi connectivity index (χ4v) is 2.47. The molecule has 0 aromatic heterocycles. The van der Waals surface area contributed by atoms with Gasteiger partial charge >= 0.3 is 0 Å². The van der Waals surface area contributed by atoms with E-state index in [1.54, 1.807) is 4.90 Å². The topological polar surface area (TPSA) is 95.7 Å². The molecule has 0 radical (unpaired) electrons. The van der Waals surface area contributed by atoms with Gasteiger partial charge < -0.3 is 21.1 Å². The van der Waals surface area contributed by atoms with E-state index in [4.69, 9.17) is 10.8 Å². The minimum absolute atomic E-state index is 0.00555. The maximum absolute atomic E-state index is 12.0. The second-order valence-electron chi connectivity index (χ2n) is 5.36. The van der Waals surface area contributed by atoms with E-state index < -0.39 is 6.04 Å². The summed E-state index contributed by atoms with van der Waals surface area (Å²) in [5.41, 5.74) is 5.84. The van der Waals surface area contributed by atoms with E-state index in [9.17, 15) is 9.59 Å². The lowest BCUT2D eigenvalue weighted by Gasteiger charge is -2.33. The minimum Gasteiger partial charge on any atom is -0.396 e. The second kappa shape index (κ2) is 8.92. The molecule has 116 valence electrons. The van der Waals surface area contributed by atoms with Crippen LogP contribution in [0.5, 0.6) is 0 Å². The van der Waals surface area contributed by atoms with Crippen molar-refractivity contribution in [1.29, 1.82) is 0 Å². The number of carbonyl (C=O) groups is 2. The Labute approximate surface area is 120 Å². The second-order valence-corrected chi connectivity index (χ2v) is 5.36. The number of piperidine rings is 1.